The van der Waals surface area contributed by atoms with Gasteiger partial charge in [0, 0.05) is 6.42 Å². The Morgan fingerprint density at radius 1 is 0.613 bits per heavy atom. The molecule has 0 heterocycles. The molecule has 0 aliphatic rings. The number of halogens is 2. The maximum Gasteiger partial charge on any atom is 0.245 e. The lowest BCUT2D eigenvalue weighted by Crippen LogP contribution is -2.10. The lowest BCUT2D eigenvalue weighted by molar-refractivity contribution is 0.00972. The first kappa shape index (κ1) is 23.0. The fourth-order valence-electron chi connectivity index (χ4n) is 3.49. The zero-order valence-electron chi connectivity index (χ0n) is 18.9. The summed E-state index contributed by atoms with van der Waals surface area (Å²) in [6, 6.07) is 25.3. The predicted molar refractivity (Wildman–Crippen MR) is 126 cm³/mol. The molecule has 3 rings (SSSR count). The fraction of sp³-hybridized carbons (Fsp3) is 0.357. The number of ether oxygens (including phenoxy) is 1. The van der Waals surface area contributed by atoms with Gasteiger partial charge < -0.3 is 4.74 Å². The first-order chi connectivity index (χ1) is 14.6. The van der Waals surface area contributed by atoms with E-state index in [1.54, 1.807) is 0 Å². The van der Waals surface area contributed by atoms with E-state index in [0.717, 1.165) is 23.8 Å². The summed E-state index contributed by atoms with van der Waals surface area (Å²) >= 11 is 0. The highest BCUT2D eigenvalue weighted by atomic mass is 19.3. The van der Waals surface area contributed by atoms with E-state index in [1.807, 2.05) is 24.3 Å². The number of hydrogen-bond acceptors (Lipinski definition) is 1. The second-order valence-electron chi connectivity index (χ2n) is 9.30. The molecule has 0 aliphatic carbocycles. The summed E-state index contributed by atoms with van der Waals surface area (Å²) in [5.41, 5.74) is 6.16. The van der Waals surface area contributed by atoms with E-state index >= 15 is 0 Å². The summed E-state index contributed by atoms with van der Waals surface area (Å²) in [6.07, 6.45) is 1.00. The molecule has 0 spiro atoms. The summed E-state index contributed by atoms with van der Waals surface area (Å²) < 4.78 is 31.3. The number of unbranched alkanes of at least 4 members (excludes halogenated alkanes) is 1. The van der Waals surface area contributed by atoms with Crippen LogP contribution in [0.3, 0.4) is 0 Å². The minimum absolute atomic E-state index is 0.0912. The van der Waals surface area contributed by atoms with Crippen LogP contribution in [0, 0.1) is 0 Å². The first-order valence-electron chi connectivity index (χ1n) is 10.9. The Morgan fingerprint density at radius 3 is 1.45 bits per heavy atom. The minimum atomic E-state index is -2.59. The molecule has 0 radical (unpaired) electrons. The number of hydrogen-bond donors (Lipinski definition) is 0. The van der Waals surface area contributed by atoms with Crippen molar-refractivity contribution in [1.29, 1.82) is 0 Å². The van der Waals surface area contributed by atoms with Crippen LogP contribution in [0.5, 0.6) is 5.75 Å². The average molecular weight is 423 g/mol. The van der Waals surface area contributed by atoms with Crippen molar-refractivity contribution in [2.45, 2.75) is 58.3 Å². The van der Waals surface area contributed by atoms with Gasteiger partial charge in [-0.1, -0.05) is 81.4 Å². The topological polar surface area (TPSA) is 9.23 Å². The molecule has 0 aliphatic heterocycles. The highest BCUT2D eigenvalue weighted by Gasteiger charge is 2.19. The fourth-order valence-corrected chi connectivity index (χ4v) is 3.49. The monoisotopic (exact) mass is 422 g/mol. The molecule has 0 saturated carbocycles. The first-order valence-corrected chi connectivity index (χ1v) is 10.9. The second kappa shape index (κ2) is 9.64. The summed E-state index contributed by atoms with van der Waals surface area (Å²) in [5.74, 6) is -1.82. The van der Waals surface area contributed by atoms with Crippen molar-refractivity contribution in [3.8, 4) is 28.0 Å². The van der Waals surface area contributed by atoms with E-state index in [1.165, 1.54) is 16.7 Å². The molecule has 31 heavy (non-hydrogen) atoms. The van der Waals surface area contributed by atoms with Crippen molar-refractivity contribution in [2.75, 3.05) is 6.61 Å². The van der Waals surface area contributed by atoms with Gasteiger partial charge in [-0.3, -0.25) is 0 Å². The van der Waals surface area contributed by atoms with Crippen molar-refractivity contribution < 1.29 is 13.5 Å². The van der Waals surface area contributed by atoms with E-state index in [9.17, 15) is 8.78 Å². The summed E-state index contributed by atoms with van der Waals surface area (Å²) in [7, 11) is 0. The van der Waals surface area contributed by atoms with Crippen molar-refractivity contribution >= 4 is 0 Å². The van der Waals surface area contributed by atoms with Gasteiger partial charge >= 0.3 is 0 Å². The van der Waals surface area contributed by atoms with Crippen LogP contribution in [0.4, 0.5) is 8.78 Å². The van der Waals surface area contributed by atoms with Gasteiger partial charge in [0.05, 0.1) is 6.61 Å². The number of rotatable bonds is 8. The molecule has 1 nitrogen and oxygen atoms in total. The largest absolute Gasteiger partial charge is 0.494 e. The van der Waals surface area contributed by atoms with Crippen LogP contribution in [0.25, 0.3) is 22.3 Å². The van der Waals surface area contributed by atoms with Gasteiger partial charge in [-0.25, -0.2) is 8.78 Å². The van der Waals surface area contributed by atoms with Crippen LogP contribution in [-0.2, 0) is 5.41 Å². The third-order valence-corrected chi connectivity index (χ3v) is 5.44. The highest BCUT2D eigenvalue weighted by molar-refractivity contribution is 5.70. The molecule has 0 N–H and O–H groups in total. The molecule has 3 aromatic rings. The van der Waals surface area contributed by atoms with Crippen LogP contribution >= 0.6 is 0 Å². The Labute approximate surface area is 185 Å². The molecule has 0 fully saturated rings. The zero-order valence-corrected chi connectivity index (χ0v) is 18.9. The van der Waals surface area contributed by atoms with Gasteiger partial charge in [-0.05, 0) is 65.1 Å². The van der Waals surface area contributed by atoms with E-state index in [2.05, 4.69) is 69.3 Å². The van der Waals surface area contributed by atoms with Crippen molar-refractivity contribution in [3.63, 3.8) is 0 Å². The van der Waals surface area contributed by atoms with E-state index in [-0.39, 0.29) is 11.8 Å². The van der Waals surface area contributed by atoms with E-state index < -0.39 is 5.92 Å². The second-order valence-corrected chi connectivity index (χ2v) is 9.30. The molecule has 3 heteroatoms. The van der Waals surface area contributed by atoms with E-state index in [0.29, 0.717) is 19.4 Å². The zero-order chi connectivity index (χ0) is 22.5. The van der Waals surface area contributed by atoms with Gasteiger partial charge in [0.25, 0.3) is 0 Å². The molecular formula is C28H32F2O. The third-order valence-electron chi connectivity index (χ3n) is 5.44. The van der Waals surface area contributed by atoms with Crippen LogP contribution < -0.4 is 4.74 Å². The molecule has 0 aromatic heterocycles. The van der Waals surface area contributed by atoms with Gasteiger partial charge in [0.2, 0.25) is 5.92 Å². The molecule has 0 unspecified atom stereocenters. The number of alkyl halides is 2. The summed E-state index contributed by atoms with van der Waals surface area (Å²) in [4.78, 5) is 0. The smallest absolute Gasteiger partial charge is 0.245 e. The normalized spacial score (nSPS) is 12.1. The van der Waals surface area contributed by atoms with Gasteiger partial charge in [-0.15, -0.1) is 0 Å². The Kier molecular flexibility index (Phi) is 7.15. The highest BCUT2D eigenvalue weighted by Crippen LogP contribution is 2.29. The van der Waals surface area contributed by atoms with Gasteiger partial charge in [-0.2, -0.15) is 0 Å². The molecular weight excluding hydrogens is 390 g/mol. The molecule has 0 bridgehead atoms. The minimum Gasteiger partial charge on any atom is -0.494 e. The van der Waals surface area contributed by atoms with Gasteiger partial charge in [0.15, 0.2) is 0 Å². The van der Waals surface area contributed by atoms with Crippen molar-refractivity contribution in [1.82, 2.24) is 0 Å². The SMILES string of the molecule is CC(F)(F)CCCCOc1ccc(-c2ccc(-c3ccc(C(C)(C)C)cc3)cc2)cc1. The van der Waals surface area contributed by atoms with Crippen LogP contribution in [0.2, 0.25) is 0 Å². The van der Waals surface area contributed by atoms with Gasteiger partial charge in [0.1, 0.15) is 5.75 Å². The average Bonchev–Trinajstić information content (AvgIpc) is 2.73. The lowest BCUT2D eigenvalue weighted by atomic mass is 9.86. The predicted octanol–water partition coefficient (Wildman–Crippen LogP) is 8.52. The number of benzene rings is 3. The maximum absolute atomic E-state index is 12.8. The molecule has 0 saturated heterocycles. The standard InChI is InChI=1S/C28H32F2O/c1-27(2,3)25-15-11-23(12-16-25)21-7-9-22(10-8-21)24-13-17-26(18-14-24)31-20-6-5-19-28(4,29)30/h7-18H,5-6,19-20H2,1-4H3. The van der Waals surface area contributed by atoms with Crippen molar-refractivity contribution in [2.24, 2.45) is 0 Å². The Morgan fingerprint density at radius 2 is 1.03 bits per heavy atom. The Balaban J connectivity index is 1.57. The Hall–Kier alpha value is -2.68. The lowest BCUT2D eigenvalue weighted by Gasteiger charge is -2.19. The third kappa shape index (κ3) is 6.92. The summed E-state index contributed by atoms with van der Waals surface area (Å²) in [5, 5.41) is 0. The quantitative estimate of drug-likeness (QED) is 0.331. The summed E-state index contributed by atoms with van der Waals surface area (Å²) in [6.45, 7) is 8.09. The van der Waals surface area contributed by atoms with Crippen LogP contribution in [0.1, 0.15) is 52.5 Å². The Bertz CT molecular complexity index is 944. The van der Waals surface area contributed by atoms with E-state index in [4.69, 9.17) is 4.74 Å². The maximum atomic E-state index is 12.8. The molecule has 164 valence electrons. The molecule has 0 amide bonds. The molecule has 3 aromatic carbocycles. The van der Waals surface area contributed by atoms with Crippen LogP contribution in [0.15, 0.2) is 72.8 Å². The molecule has 0 atom stereocenters. The van der Waals surface area contributed by atoms with Crippen LogP contribution in [-0.4, -0.2) is 12.5 Å². The van der Waals surface area contributed by atoms with Crippen molar-refractivity contribution in [3.05, 3.63) is 78.4 Å².